The molecule has 1 nitrogen and oxygen atoms in total. The molecular weight excluding hydrogens is 143 g/mol. The maximum Gasteiger partial charge on any atom is 0.129 e. The Kier molecular flexibility index (Phi) is 2.15. The van der Waals surface area contributed by atoms with Crippen LogP contribution in [0.15, 0.2) is 23.3 Å². The van der Waals surface area contributed by atoms with Gasteiger partial charge in [-0.2, -0.15) is 0 Å². The summed E-state index contributed by atoms with van der Waals surface area (Å²) < 4.78 is 11.7. The van der Waals surface area contributed by atoms with Crippen LogP contribution in [-0.2, 0) is 4.57 Å². The average Bonchev–Trinajstić information content (AvgIpc) is 2.12. The second-order valence-corrected chi connectivity index (χ2v) is 5.48. The number of allylic oxidation sites excluding steroid dienone is 2. The molecule has 0 aliphatic carbocycles. The monoisotopic (exact) mass is 156 g/mol. The van der Waals surface area contributed by atoms with E-state index in [-0.39, 0.29) is 0 Å². The maximum absolute atomic E-state index is 11.7. The van der Waals surface area contributed by atoms with Crippen LogP contribution in [0.25, 0.3) is 0 Å². The maximum atomic E-state index is 11.7. The van der Waals surface area contributed by atoms with E-state index in [0.717, 1.165) is 18.2 Å². The zero-order valence-corrected chi connectivity index (χ0v) is 7.40. The standard InChI is InChI=1S/C8H13OP/c1-3-5-10(9)6-4-8(2)7-10/h4,6-7H,3,5H2,1-2H3. The Balaban J connectivity index is 2.75. The van der Waals surface area contributed by atoms with Crippen LogP contribution in [0.4, 0.5) is 0 Å². The minimum atomic E-state index is -1.97. The van der Waals surface area contributed by atoms with E-state index >= 15 is 0 Å². The summed E-state index contributed by atoms with van der Waals surface area (Å²) in [7, 11) is -1.97. The van der Waals surface area contributed by atoms with Crippen molar-refractivity contribution in [2.24, 2.45) is 0 Å². The fourth-order valence-electron chi connectivity index (χ4n) is 1.16. The van der Waals surface area contributed by atoms with Crippen molar-refractivity contribution in [3.05, 3.63) is 23.3 Å². The molecule has 0 fully saturated rings. The Morgan fingerprint density at radius 1 is 1.60 bits per heavy atom. The van der Waals surface area contributed by atoms with Crippen molar-refractivity contribution >= 4 is 7.14 Å². The van der Waals surface area contributed by atoms with Gasteiger partial charge in [-0.3, -0.25) is 0 Å². The van der Waals surface area contributed by atoms with Crippen LogP contribution in [0, 0.1) is 0 Å². The van der Waals surface area contributed by atoms with Gasteiger partial charge in [0.2, 0.25) is 0 Å². The third-order valence-electron chi connectivity index (χ3n) is 1.59. The SMILES string of the molecule is CCCP1(=O)C=CC(C)=C1. The lowest BCUT2D eigenvalue weighted by Gasteiger charge is -2.02. The zero-order valence-electron chi connectivity index (χ0n) is 6.50. The first-order chi connectivity index (χ1) is 4.66. The van der Waals surface area contributed by atoms with Crippen LogP contribution in [0.1, 0.15) is 20.3 Å². The number of hydrogen-bond donors (Lipinski definition) is 0. The van der Waals surface area contributed by atoms with Crippen LogP contribution in [-0.4, -0.2) is 6.16 Å². The van der Waals surface area contributed by atoms with E-state index in [1.807, 2.05) is 24.6 Å². The summed E-state index contributed by atoms with van der Waals surface area (Å²) in [4.78, 5) is 0. The molecule has 0 aromatic carbocycles. The smallest absolute Gasteiger partial charge is 0.129 e. The average molecular weight is 156 g/mol. The van der Waals surface area contributed by atoms with Gasteiger partial charge < -0.3 is 4.57 Å². The molecule has 1 rings (SSSR count). The van der Waals surface area contributed by atoms with Crippen molar-refractivity contribution in [1.82, 2.24) is 0 Å². The van der Waals surface area contributed by atoms with Crippen molar-refractivity contribution in [3.8, 4) is 0 Å². The Labute approximate surface area is 62.2 Å². The minimum absolute atomic E-state index is 0.834. The van der Waals surface area contributed by atoms with Gasteiger partial charge in [0.15, 0.2) is 0 Å². The molecule has 0 radical (unpaired) electrons. The van der Waals surface area contributed by atoms with Crippen molar-refractivity contribution in [3.63, 3.8) is 0 Å². The molecule has 2 heteroatoms. The van der Waals surface area contributed by atoms with Crippen LogP contribution in [0.3, 0.4) is 0 Å². The molecule has 0 N–H and O–H groups in total. The van der Waals surface area contributed by atoms with Gasteiger partial charge in [0, 0.05) is 6.16 Å². The lowest BCUT2D eigenvalue weighted by atomic mass is 10.4. The molecule has 0 aromatic heterocycles. The second kappa shape index (κ2) is 2.75. The summed E-state index contributed by atoms with van der Waals surface area (Å²) in [5.74, 6) is 3.78. The predicted molar refractivity (Wildman–Crippen MR) is 45.7 cm³/mol. The highest BCUT2D eigenvalue weighted by atomic mass is 31.2. The third-order valence-corrected chi connectivity index (χ3v) is 4.23. The van der Waals surface area contributed by atoms with Gasteiger partial charge in [0.1, 0.15) is 7.14 Å². The first-order valence-electron chi connectivity index (χ1n) is 3.63. The Morgan fingerprint density at radius 3 is 2.70 bits per heavy atom. The molecule has 1 aliphatic rings. The molecule has 0 saturated heterocycles. The minimum Gasteiger partial charge on any atom is -0.315 e. The Morgan fingerprint density at radius 2 is 2.30 bits per heavy atom. The topological polar surface area (TPSA) is 17.1 Å². The van der Waals surface area contributed by atoms with Gasteiger partial charge in [-0.15, -0.1) is 0 Å². The second-order valence-electron chi connectivity index (χ2n) is 2.77. The van der Waals surface area contributed by atoms with Crippen molar-refractivity contribution < 1.29 is 4.57 Å². The van der Waals surface area contributed by atoms with E-state index in [1.54, 1.807) is 0 Å². The van der Waals surface area contributed by atoms with E-state index < -0.39 is 7.14 Å². The summed E-state index contributed by atoms with van der Waals surface area (Å²) in [5, 5.41) is 0. The van der Waals surface area contributed by atoms with E-state index in [9.17, 15) is 4.57 Å². The molecule has 1 aliphatic heterocycles. The van der Waals surface area contributed by atoms with Gasteiger partial charge in [0.05, 0.1) is 0 Å². The summed E-state index contributed by atoms with van der Waals surface area (Å²) >= 11 is 0. The quantitative estimate of drug-likeness (QED) is 0.561. The van der Waals surface area contributed by atoms with E-state index in [4.69, 9.17) is 0 Å². The first kappa shape index (κ1) is 7.81. The first-order valence-corrected chi connectivity index (χ1v) is 5.66. The van der Waals surface area contributed by atoms with Crippen LogP contribution in [0.2, 0.25) is 0 Å². The Hall–Kier alpha value is -0.290. The zero-order chi connectivity index (χ0) is 7.61. The number of rotatable bonds is 2. The van der Waals surface area contributed by atoms with Gasteiger partial charge in [-0.05, 0) is 30.6 Å². The molecule has 0 spiro atoms. The molecule has 1 atom stereocenters. The highest BCUT2D eigenvalue weighted by Crippen LogP contribution is 2.53. The third kappa shape index (κ3) is 1.60. The van der Waals surface area contributed by atoms with Gasteiger partial charge >= 0.3 is 0 Å². The van der Waals surface area contributed by atoms with E-state index in [2.05, 4.69) is 6.92 Å². The highest BCUT2D eigenvalue weighted by molar-refractivity contribution is 7.70. The van der Waals surface area contributed by atoms with Crippen molar-refractivity contribution in [2.45, 2.75) is 20.3 Å². The number of hydrogen-bond acceptors (Lipinski definition) is 1. The molecule has 1 heterocycles. The van der Waals surface area contributed by atoms with Gasteiger partial charge in [-0.25, -0.2) is 0 Å². The lowest BCUT2D eigenvalue weighted by molar-refractivity contribution is 0.585. The van der Waals surface area contributed by atoms with E-state index in [1.165, 1.54) is 0 Å². The molecule has 0 amide bonds. The molecule has 0 aromatic rings. The van der Waals surface area contributed by atoms with Crippen LogP contribution in [0.5, 0.6) is 0 Å². The summed E-state index contributed by atoms with van der Waals surface area (Å²) in [6.07, 6.45) is 3.79. The Bertz CT molecular complexity index is 225. The molecule has 1 unspecified atom stereocenters. The fraction of sp³-hybridized carbons (Fsp3) is 0.500. The van der Waals surface area contributed by atoms with Crippen LogP contribution < -0.4 is 0 Å². The molecular formula is C8H13OP. The van der Waals surface area contributed by atoms with Gasteiger partial charge in [-0.1, -0.05) is 13.0 Å². The summed E-state index contributed by atoms with van der Waals surface area (Å²) in [6, 6.07) is 0. The van der Waals surface area contributed by atoms with Gasteiger partial charge in [0.25, 0.3) is 0 Å². The summed E-state index contributed by atoms with van der Waals surface area (Å²) in [6.45, 7) is 4.06. The van der Waals surface area contributed by atoms with E-state index in [0.29, 0.717) is 0 Å². The fourth-order valence-corrected chi connectivity index (χ4v) is 3.49. The predicted octanol–water partition coefficient (Wildman–Crippen LogP) is 3.19. The molecule has 56 valence electrons. The molecule has 0 saturated carbocycles. The van der Waals surface area contributed by atoms with Crippen molar-refractivity contribution in [2.75, 3.05) is 6.16 Å². The summed E-state index contributed by atoms with van der Waals surface area (Å²) in [5.41, 5.74) is 1.15. The highest BCUT2D eigenvalue weighted by Gasteiger charge is 2.17. The molecule has 0 bridgehead atoms. The molecule has 10 heavy (non-hydrogen) atoms. The van der Waals surface area contributed by atoms with Crippen molar-refractivity contribution in [1.29, 1.82) is 0 Å². The normalized spacial score (nSPS) is 30.8. The lowest BCUT2D eigenvalue weighted by Crippen LogP contribution is -1.77. The van der Waals surface area contributed by atoms with Crippen LogP contribution >= 0.6 is 7.14 Å². The largest absolute Gasteiger partial charge is 0.315 e.